The number of ether oxygens (including phenoxy) is 8. The second kappa shape index (κ2) is 6.53. The third kappa shape index (κ3) is 3.59. The quantitative estimate of drug-likeness (QED) is 0.637. The van der Waals surface area contributed by atoms with E-state index in [1.807, 2.05) is 0 Å². The molecule has 0 N–H and O–H groups in total. The van der Waals surface area contributed by atoms with E-state index >= 15 is 0 Å². The number of hydrogen-bond acceptors (Lipinski definition) is 10. The van der Waals surface area contributed by atoms with Gasteiger partial charge in [0, 0.05) is 0 Å². The first-order valence-corrected chi connectivity index (χ1v) is 9.32. The first-order chi connectivity index (χ1) is 13.0. The van der Waals surface area contributed by atoms with Crippen molar-refractivity contribution in [3.63, 3.8) is 0 Å². The molecule has 4 heterocycles. The van der Waals surface area contributed by atoms with Crippen LogP contribution in [0, 0.1) is 5.41 Å². The molecular formula is C18H26O10. The van der Waals surface area contributed by atoms with E-state index in [9.17, 15) is 9.59 Å². The molecule has 1 unspecified atom stereocenters. The van der Waals surface area contributed by atoms with Gasteiger partial charge in [0.05, 0.1) is 6.61 Å². The zero-order valence-electron chi connectivity index (χ0n) is 16.6. The number of cyclic esters (lactones) is 2. The Kier molecular flexibility index (Phi) is 4.63. The van der Waals surface area contributed by atoms with Crippen LogP contribution in [0.3, 0.4) is 0 Å². The molecule has 4 aliphatic rings. The molecule has 4 saturated heterocycles. The number of fused-ring (bicyclic) bond motifs is 1. The summed E-state index contributed by atoms with van der Waals surface area (Å²) in [5.41, 5.74) is -1.13. The third-order valence-electron chi connectivity index (χ3n) is 5.18. The molecule has 0 bridgehead atoms. The third-order valence-corrected chi connectivity index (χ3v) is 5.18. The van der Waals surface area contributed by atoms with Crippen molar-refractivity contribution in [1.82, 2.24) is 0 Å². The Morgan fingerprint density at radius 3 is 2.25 bits per heavy atom. The van der Waals surface area contributed by atoms with Gasteiger partial charge in [-0.1, -0.05) is 0 Å². The summed E-state index contributed by atoms with van der Waals surface area (Å²) in [6.07, 6.45) is -3.99. The summed E-state index contributed by atoms with van der Waals surface area (Å²) in [6, 6.07) is 0. The van der Waals surface area contributed by atoms with Gasteiger partial charge in [-0.25, -0.2) is 4.79 Å². The molecule has 0 radical (unpaired) electrons. The van der Waals surface area contributed by atoms with E-state index in [1.54, 1.807) is 34.6 Å². The van der Waals surface area contributed by atoms with Crippen LogP contribution in [0.1, 0.15) is 34.6 Å². The molecule has 158 valence electrons. The molecule has 10 heteroatoms. The number of esters is 1. The molecule has 0 aromatic carbocycles. The highest BCUT2D eigenvalue weighted by molar-refractivity contribution is 5.78. The van der Waals surface area contributed by atoms with Crippen molar-refractivity contribution in [2.24, 2.45) is 5.41 Å². The van der Waals surface area contributed by atoms with Crippen molar-refractivity contribution < 1.29 is 47.5 Å². The fraction of sp³-hybridized carbons (Fsp3) is 0.889. The van der Waals surface area contributed by atoms with Crippen molar-refractivity contribution in [3.05, 3.63) is 0 Å². The van der Waals surface area contributed by atoms with Gasteiger partial charge in [-0.15, -0.1) is 0 Å². The molecule has 0 saturated carbocycles. The Morgan fingerprint density at radius 2 is 1.64 bits per heavy atom. The van der Waals surface area contributed by atoms with Crippen LogP contribution in [0.2, 0.25) is 0 Å². The van der Waals surface area contributed by atoms with Crippen molar-refractivity contribution in [2.45, 2.75) is 76.9 Å². The fourth-order valence-corrected chi connectivity index (χ4v) is 3.72. The van der Waals surface area contributed by atoms with E-state index in [0.29, 0.717) is 0 Å². The lowest BCUT2D eigenvalue weighted by molar-refractivity contribution is -0.237. The first kappa shape index (κ1) is 19.8. The summed E-state index contributed by atoms with van der Waals surface area (Å²) in [7, 11) is 0. The highest BCUT2D eigenvalue weighted by Crippen LogP contribution is 2.42. The van der Waals surface area contributed by atoms with Crippen LogP contribution < -0.4 is 0 Å². The van der Waals surface area contributed by atoms with Crippen molar-refractivity contribution >= 4 is 12.1 Å². The van der Waals surface area contributed by atoms with Crippen LogP contribution in [0.15, 0.2) is 0 Å². The average molecular weight is 402 g/mol. The topological polar surface area (TPSA) is 108 Å². The average Bonchev–Trinajstić information content (AvgIpc) is 3.20. The highest BCUT2D eigenvalue weighted by Gasteiger charge is 2.60. The van der Waals surface area contributed by atoms with Crippen LogP contribution in [-0.4, -0.2) is 74.2 Å². The molecule has 0 amide bonds. The first-order valence-electron chi connectivity index (χ1n) is 9.32. The monoisotopic (exact) mass is 402 g/mol. The predicted octanol–water partition coefficient (Wildman–Crippen LogP) is 1.10. The summed E-state index contributed by atoms with van der Waals surface area (Å²) in [4.78, 5) is 24.0. The van der Waals surface area contributed by atoms with Gasteiger partial charge in [0.25, 0.3) is 0 Å². The summed E-state index contributed by atoms with van der Waals surface area (Å²) in [5, 5.41) is 0. The summed E-state index contributed by atoms with van der Waals surface area (Å²) < 4.78 is 44.8. The van der Waals surface area contributed by atoms with Gasteiger partial charge < -0.3 is 37.9 Å². The lowest BCUT2D eigenvalue weighted by Gasteiger charge is -2.33. The van der Waals surface area contributed by atoms with Gasteiger partial charge in [-0.05, 0) is 34.6 Å². The standard InChI is InChI=1S/C18H26O10/c1-16(2)23-6-9(26-16)10-11(12-13(24-10)28-17(3,4)27-12)25-14(19)18(5)7-21-15(20)22-8-18/h9-13H,6-8H2,1-5H3/t9?,10-,11+,12-,13-/m1/s1. The number of rotatable bonds is 3. The zero-order valence-corrected chi connectivity index (χ0v) is 16.6. The molecule has 4 aliphatic heterocycles. The van der Waals surface area contributed by atoms with Crippen molar-refractivity contribution in [2.75, 3.05) is 19.8 Å². The molecule has 4 fully saturated rings. The van der Waals surface area contributed by atoms with Crippen LogP contribution in [0.4, 0.5) is 4.79 Å². The van der Waals surface area contributed by atoms with Gasteiger partial charge in [0.1, 0.15) is 30.8 Å². The smallest absolute Gasteiger partial charge is 0.456 e. The van der Waals surface area contributed by atoms with Gasteiger partial charge in [0.2, 0.25) is 0 Å². The molecule has 28 heavy (non-hydrogen) atoms. The maximum atomic E-state index is 12.9. The Labute approximate surface area is 162 Å². The second-order valence-corrected chi connectivity index (χ2v) is 8.69. The normalized spacial score (nSPS) is 40.5. The van der Waals surface area contributed by atoms with Crippen LogP contribution in [-0.2, 0) is 42.7 Å². The van der Waals surface area contributed by atoms with Crippen molar-refractivity contribution in [3.8, 4) is 0 Å². The molecule has 0 aromatic rings. The summed E-state index contributed by atoms with van der Waals surface area (Å²) in [5.74, 6) is -2.21. The number of carbonyl (C=O) groups is 2. The molecule has 0 aliphatic carbocycles. The van der Waals surface area contributed by atoms with E-state index in [0.717, 1.165) is 0 Å². The predicted molar refractivity (Wildman–Crippen MR) is 88.9 cm³/mol. The number of hydrogen-bond donors (Lipinski definition) is 0. The molecule has 4 rings (SSSR count). The fourth-order valence-electron chi connectivity index (χ4n) is 3.72. The lowest BCUT2D eigenvalue weighted by atomic mass is 9.92. The summed E-state index contributed by atoms with van der Waals surface area (Å²) >= 11 is 0. The SMILES string of the molecule is CC1(C)OCC([C@H]2O[C@@H]3OC(C)(C)O[C@@H]3[C@H]2OC(=O)C2(C)COC(=O)OC2)O1. The van der Waals surface area contributed by atoms with E-state index < -0.39 is 59.8 Å². The Morgan fingerprint density at radius 1 is 0.964 bits per heavy atom. The minimum absolute atomic E-state index is 0.129. The highest BCUT2D eigenvalue weighted by atomic mass is 16.9. The minimum Gasteiger partial charge on any atom is -0.456 e. The van der Waals surface area contributed by atoms with Gasteiger partial charge >= 0.3 is 12.1 Å². The lowest BCUT2D eigenvalue weighted by Crippen LogP contribution is -2.50. The van der Waals surface area contributed by atoms with Crippen molar-refractivity contribution in [1.29, 1.82) is 0 Å². The second-order valence-electron chi connectivity index (χ2n) is 8.69. The van der Waals surface area contributed by atoms with Gasteiger partial charge in [-0.3, -0.25) is 4.79 Å². The van der Waals surface area contributed by atoms with E-state index in [1.165, 1.54) is 0 Å². The van der Waals surface area contributed by atoms with E-state index in [-0.39, 0.29) is 19.8 Å². The molecule has 0 aromatic heterocycles. The zero-order chi connectivity index (χ0) is 20.3. The van der Waals surface area contributed by atoms with E-state index in [4.69, 9.17) is 37.9 Å². The maximum Gasteiger partial charge on any atom is 0.508 e. The molecular weight excluding hydrogens is 376 g/mol. The Balaban J connectivity index is 1.52. The van der Waals surface area contributed by atoms with E-state index in [2.05, 4.69) is 0 Å². The van der Waals surface area contributed by atoms with Gasteiger partial charge in [-0.2, -0.15) is 0 Å². The summed E-state index contributed by atoms with van der Waals surface area (Å²) in [6.45, 7) is 8.76. The van der Waals surface area contributed by atoms with Crippen LogP contribution in [0.25, 0.3) is 0 Å². The maximum absolute atomic E-state index is 12.9. The molecule has 10 nitrogen and oxygen atoms in total. The Hall–Kier alpha value is -1.46. The van der Waals surface area contributed by atoms with Crippen LogP contribution in [0.5, 0.6) is 0 Å². The Bertz CT molecular complexity index is 649. The van der Waals surface area contributed by atoms with Crippen LogP contribution >= 0.6 is 0 Å². The number of carbonyl (C=O) groups excluding carboxylic acids is 2. The largest absolute Gasteiger partial charge is 0.508 e. The minimum atomic E-state index is -1.13. The van der Waals surface area contributed by atoms with Gasteiger partial charge in [0.15, 0.2) is 30.1 Å². The molecule has 0 spiro atoms. The molecule has 5 atom stereocenters.